The Morgan fingerprint density at radius 1 is 1.45 bits per heavy atom. The number of aryl methyl sites for hydroxylation is 2. The molecule has 0 radical (unpaired) electrons. The number of hydrogen-bond donors (Lipinski definition) is 2. The number of carbonyl (C=O) groups excluding carboxylic acids is 1. The number of aromatic nitrogens is 1. The Hall–Kier alpha value is -2.16. The van der Waals surface area contributed by atoms with Crippen LogP contribution in [0, 0.1) is 25.7 Å². The number of aliphatic hydroxyl groups is 1. The SMILES string of the molecule is Cc1cnccc1NC(=O)c1cc(C)c(C#CCO)s1. The summed E-state index contributed by atoms with van der Waals surface area (Å²) in [5.74, 6) is 5.27. The Balaban J connectivity index is 2.20. The molecule has 0 aliphatic rings. The lowest BCUT2D eigenvalue weighted by Crippen LogP contribution is -2.11. The molecule has 0 unspecified atom stereocenters. The van der Waals surface area contributed by atoms with E-state index in [-0.39, 0.29) is 12.5 Å². The Bertz CT molecular complexity index is 695. The van der Waals surface area contributed by atoms with Gasteiger partial charge in [-0.15, -0.1) is 11.3 Å². The third-order valence-corrected chi connectivity index (χ3v) is 3.84. The summed E-state index contributed by atoms with van der Waals surface area (Å²) < 4.78 is 0. The summed E-state index contributed by atoms with van der Waals surface area (Å²) in [6.45, 7) is 3.60. The quantitative estimate of drug-likeness (QED) is 0.833. The molecule has 0 aliphatic carbocycles. The first-order valence-electron chi connectivity index (χ1n) is 6.04. The molecule has 2 N–H and O–H groups in total. The van der Waals surface area contributed by atoms with Crippen molar-refractivity contribution in [3.05, 3.63) is 45.4 Å². The summed E-state index contributed by atoms with van der Waals surface area (Å²) in [5, 5.41) is 11.6. The number of nitrogens with one attached hydrogen (secondary N) is 1. The van der Waals surface area contributed by atoms with Gasteiger partial charge >= 0.3 is 0 Å². The zero-order valence-electron chi connectivity index (χ0n) is 11.2. The summed E-state index contributed by atoms with van der Waals surface area (Å²) in [7, 11) is 0. The van der Waals surface area contributed by atoms with Gasteiger partial charge in [0.2, 0.25) is 0 Å². The molecule has 1 amide bonds. The van der Waals surface area contributed by atoms with Crippen LogP contribution in [0.15, 0.2) is 24.5 Å². The van der Waals surface area contributed by atoms with E-state index >= 15 is 0 Å². The van der Waals surface area contributed by atoms with Gasteiger partial charge in [0.1, 0.15) is 6.61 Å². The smallest absolute Gasteiger partial charge is 0.265 e. The fraction of sp³-hybridized carbons (Fsp3) is 0.200. The molecule has 2 aromatic heterocycles. The third-order valence-electron chi connectivity index (χ3n) is 2.69. The molecule has 2 rings (SSSR count). The van der Waals surface area contributed by atoms with Gasteiger partial charge in [0.25, 0.3) is 5.91 Å². The standard InChI is InChI=1S/C15H14N2O2S/c1-10-8-14(20-13(10)4-3-7-18)15(19)17-12-5-6-16-9-11(12)2/h5-6,8-9,18H,7H2,1-2H3,(H,16,17,19). The number of pyridine rings is 1. The van der Waals surface area contributed by atoms with E-state index in [1.807, 2.05) is 13.8 Å². The van der Waals surface area contributed by atoms with Gasteiger partial charge in [0.15, 0.2) is 0 Å². The first-order valence-corrected chi connectivity index (χ1v) is 6.85. The van der Waals surface area contributed by atoms with Crippen molar-refractivity contribution in [2.24, 2.45) is 0 Å². The first kappa shape index (κ1) is 14.3. The second kappa shape index (κ2) is 6.33. The molecular weight excluding hydrogens is 272 g/mol. The van der Waals surface area contributed by atoms with Crippen LogP contribution < -0.4 is 5.32 Å². The maximum Gasteiger partial charge on any atom is 0.265 e. The molecule has 0 saturated carbocycles. The minimum atomic E-state index is -0.185. The highest BCUT2D eigenvalue weighted by Crippen LogP contribution is 2.22. The predicted molar refractivity (Wildman–Crippen MR) is 79.9 cm³/mol. The molecule has 0 aromatic carbocycles. The number of nitrogens with zero attached hydrogens (tertiary/aromatic N) is 1. The molecule has 0 saturated heterocycles. The van der Waals surface area contributed by atoms with Crippen LogP contribution >= 0.6 is 11.3 Å². The second-order valence-corrected chi connectivity index (χ2v) is 5.28. The van der Waals surface area contributed by atoms with E-state index in [2.05, 4.69) is 22.1 Å². The fourth-order valence-electron chi connectivity index (χ4n) is 1.64. The van der Waals surface area contributed by atoms with Crippen LogP contribution in [-0.4, -0.2) is 22.6 Å². The Labute approximate surface area is 121 Å². The summed E-state index contributed by atoms with van der Waals surface area (Å²) in [6, 6.07) is 3.57. The predicted octanol–water partition coefficient (Wildman–Crippen LogP) is 2.36. The van der Waals surface area contributed by atoms with Crippen molar-refractivity contribution >= 4 is 22.9 Å². The Kier molecular flexibility index (Phi) is 4.51. The maximum atomic E-state index is 12.2. The van der Waals surface area contributed by atoms with Gasteiger partial charge in [-0.1, -0.05) is 11.8 Å². The van der Waals surface area contributed by atoms with Crippen molar-refractivity contribution in [2.45, 2.75) is 13.8 Å². The molecule has 2 aromatic rings. The number of anilines is 1. The maximum absolute atomic E-state index is 12.2. The molecule has 0 atom stereocenters. The van der Waals surface area contributed by atoms with Crippen molar-refractivity contribution < 1.29 is 9.90 Å². The minimum absolute atomic E-state index is 0.163. The number of carbonyl (C=O) groups is 1. The zero-order chi connectivity index (χ0) is 14.5. The monoisotopic (exact) mass is 286 g/mol. The van der Waals surface area contributed by atoms with Gasteiger partial charge in [0, 0.05) is 18.1 Å². The molecule has 0 aliphatic heterocycles. The van der Waals surface area contributed by atoms with Gasteiger partial charge in [-0.2, -0.15) is 0 Å². The van der Waals surface area contributed by atoms with Gasteiger partial charge < -0.3 is 10.4 Å². The highest BCUT2D eigenvalue weighted by molar-refractivity contribution is 7.14. The molecule has 0 spiro atoms. The molecule has 0 bridgehead atoms. The molecular formula is C15H14N2O2S. The van der Waals surface area contributed by atoms with Crippen LogP contribution in [0.1, 0.15) is 25.7 Å². The van der Waals surface area contributed by atoms with Gasteiger partial charge in [-0.05, 0) is 37.1 Å². The number of rotatable bonds is 2. The van der Waals surface area contributed by atoms with Crippen LogP contribution in [0.25, 0.3) is 0 Å². The van der Waals surface area contributed by atoms with Crippen LogP contribution in [0.5, 0.6) is 0 Å². The van der Waals surface area contributed by atoms with Gasteiger partial charge in [0.05, 0.1) is 9.75 Å². The summed E-state index contributed by atoms with van der Waals surface area (Å²) in [6.07, 6.45) is 3.34. The number of thiophene rings is 1. The van der Waals surface area contributed by atoms with Crippen molar-refractivity contribution in [3.8, 4) is 11.8 Å². The minimum Gasteiger partial charge on any atom is -0.384 e. The molecule has 5 heteroatoms. The topological polar surface area (TPSA) is 62.2 Å². The first-order chi connectivity index (χ1) is 9.61. The largest absolute Gasteiger partial charge is 0.384 e. The molecule has 102 valence electrons. The molecule has 0 fully saturated rings. The van der Waals surface area contributed by atoms with E-state index in [1.54, 1.807) is 24.5 Å². The van der Waals surface area contributed by atoms with Gasteiger partial charge in [-0.3, -0.25) is 9.78 Å². The average molecular weight is 286 g/mol. The normalized spacial score (nSPS) is 9.75. The fourth-order valence-corrected chi connectivity index (χ4v) is 2.58. The van der Waals surface area contributed by atoms with E-state index in [4.69, 9.17) is 5.11 Å². The van der Waals surface area contributed by atoms with E-state index in [9.17, 15) is 4.79 Å². The van der Waals surface area contributed by atoms with Crippen molar-refractivity contribution in [3.63, 3.8) is 0 Å². The van der Waals surface area contributed by atoms with Crippen molar-refractivity contribution in [2.75, 3.05) is 11.9 Å². The summed E-state index contributed by atoms with van der Waals surface area (Å²) in [5.41, 5.74) is 2.60. The van der Waals surface area contributed by atoms with E-state index < -0.39 is 0 Å². The van der Waals surface area contributed by atoms with E-state index in [0.29, 0.717) is 4.88 Å². The van der Waals surface area contributed by atoms with Crippen LogP contribution in [0.4, 0.5) is 5.69 Å². The average Bonchev–Trinajstić information content (AvgIpc) is 2.80. The summed E-state index contributed by atoms with van der Waals surface area (Å²) in [4.78, 5) is 17.6. The van der Waals surface area contributed by atoms with E-state index in [1.165, 1.54) is 11.3 Å². The summed E-state index contributed by atoms with van der Waals surface area (Å²) >= 11 is 1.32. The Morgan fingerprint density at radius 2 is 2.25 bits per heavy atom. The molecule has 4 nitrogen and oxygen atoms in total. The lowest BCUT2D eigenvalue weighted by Gasteiger charge is -2.05. The highest BCUT2D eigenvalue weighted by atomic mass is 32.1. The Morgan fingerprint density at radius 3 is 2.95 bits per heavy atom. The number of amides is 1. The van der Waals surface area contributed by atoms with Crippen LogP contribution in [0.3, 0.4) is 0 Å². The van der Waals surface area contributed by atoms with Crippen molar-refractivity contribution in [1.29, 1.82) is 0 Å². The van der Waals surface area contributed by atoms with Crippen LogP contribution in [-0.2, 0) is 0 Å². The van der Waals surface area contributed by atoms with Gasteiger partial charge in [-0.25, -0.2) is 0 Å². The highest BCUT2D eigenvalue weighted by Gasteiger charge is 2.12. The van der Waals surface area contributed by atoms with E-state index in [0.717, 1.165) is 21.7 Å². The zero-order valence-corrected chi connectivity index (χ0v) is 12.0. The molecule has 2 heterocycles. The third kappa shape index (κ3) is 3.23. The lowest BCUT2D eigenvalue weighted by atomic mass is 10.2. The second-order valence-electron chi connectivity index (χ2n) is 4.23. The van der Waals surface area contributed by atoms with Crippen LogP contribution in [0.2, 0.25) is 0 Å². The molecule has 20 heavy (non-hydrogen) atoms. The number of aliphatic hydroxyl groups excluding tert-OH is 1. The van der Waals surface area contributed by atoms with Crippen molar-refractivity contribution in [1.82, 2.24) is 4.98 Å². The number of hydrogen-bond acceptors (Lipinski definition) is 4. The lowest BCUT2D eigenvalue weighted by molar-refractivity contribution is 0.103.